The summed E-state index contributed by atoms with van der Waals surface area (Å²) in [5.41, 5.74) is 3.26. The topological polar surface area (TPSA) is 29.9 Å². The van der Waals surface area contributed by atoms with Gasteiger partial charge >= 0.3 is 0 Å². The highest BCUT2D eigenvalue weighted by Gasteiger charge is 2.13. The molecule has 1 aromatic heterocycles. The van der Waals surface area contributed by atoms with Gasteiger partial charge in [-0.15, -0.1) is 0 Å². The molecule has 0 amide bonds. The summed E-state index contributed by atoms with van der Waals surface area (Å²) < 4.78 is 15.6. The summed E-state index contributed by atoms with van der Waals surface area (Å²) in [6, 6.07) is 4.93. The molecule has 0 atom stereocenters. The number of halogens is 1. The first-order chi connectivity index (χ1) is 9.76. The Labute approximate surface area is 126 Å². The number of nitrogens with zero attached hydrogens (tertiary/aromatic N) is 2. The van der Waals surface area contributed by atoms with Gasteiger partial charge in [0.15, 0.2) is 0 Å². The highest BCUT2D eigenvalue weighted by atomic mass is 19.1. The maximum atomic E-state index is 13.4. The molecule has 0 saturated heterocycles. The first-order valence-electron chi connectivity index (χ1n) is 7.27. The van der Waals surface area contributed by atoms with Gasteiger partial charge in [-0.25, -0.2) is 9.37 Å². The van der Waals surface area contributed by atoms with Crippen molar-refractivity contribution in [2.24, 2.45) is 0 Å². The van der Waals surface area contributed by atoms with Gasteiger partial charge in [0.05, 0.1) is 5.69 Å². The maximum absolute atomic E-state index is 13.4. The van der Waals surface area contributed by atoms with Crippen molar-refractivity contribution in [3.8, 4) is 0 Å². The van der Waals surface area contributed by atoms with Crippen LogP contribution in [-0.2, 0) is 13.1 Å². The van der Waals surface area contributed by atoms with Gasteiger partial charge in [-0.05, 0) is 57.9 Å². The van der Waals surface area contributed by atoms with Crippen molar-refractivity contribution in [2.75, 3.05) is 0 Å². The molecule has 1 aromatic carbocycles. The Morgan fingerprint density at radius 3 is 2.62 bits per heavy atom. The summed E-state index contributed by atoms with van der Waals surface area (Å²) in [7, 11) is 0. The van der Waals surface area contributed by atoms with Crippen molar-refractivity contribution < 1.29 is 4.39 Å². The van der Waals surface area contributed by atoms with Crippen molar-refractivity contribution in [3.63, 3.8) is 0 Å². The molecule has 0 aliphatic carbocycles. The molecule has 1 N–H and O–H groups in total. The summed E-state index contributed by atoms with van der Waals surface area (Å²) >= 11 is 0. The summed E-state index contributed by atoms with van der Waals surface area (Å²) in [6.07, 6.45) is 1.89. The van der Waals surface area contributed by atoms with Crippen LogP contribution in [0.3, 0.4) is 0 Å². The third-order valence-electron chi connectivity index (χ3n) is 3.58. The Bertz CT molecular complexity index is 623. The Hall–Kier alpha value is -1.68. The maximum Gasteiger partial charge on any atom is 0.123 e. The largest absolute Gasteiger partial charge is 0.327 e. The number of nitrogens with one attached hydrogen (secondary N) is 1. The van der Waals surface area contributed by atoms with Crippen LogP contribution in [-0.4, -0.2) is 15.1 Å². The van der Waals surface area contributed by atoms with E-state index in [2.05, 4.69) is 35.6 Å². The lowest BCUT2D eigenvalue weighted by Gasteiger charge is -2.21. The second-order valence-electron chi connectivity index (χ2n) is 6.56. The van der Waals surface area contributed by atoms with Crippen molar-refractivity contribution in [3.05, 3.63) is 52.9 Å². The molecule has 0 unspecified atom stereocenters. The predicted molar refractivity (Wildman–Crippen MR) is 83.8 cm³/mol. The molecule has 114 valence electrons. The van der Waals surface area contributed by atoms with Crippen LogP contribution in [0.15, 0.2) is 24.4 Å². The van der Waals surface area contributed by atoms with Crippen LogP contribution in [0, 0.1) is 19.7 Å². The normalized spacial score (nSPS) is 11.9. The Kier molecular flexibility index (Phi) is 4.47. The Morgan fingerprint density at radius 1 is 1.24 bits per heavy atom. The molecule has 0 aliphatic rings. The number of hydrogen-bond acceptors (Lipinski definition) is 2. The third kappa shape index (κ3) is 4.14. The van der Waals surface area contributed by atoms with Crippen molar-refractivity contribution in [1.82, 2.24) is 14.9 Å². The van der Waals surface area contributed by atoms with Gasteiger partial charge in [-0.2, -0.15) is 0 Å². The Morgan fingerprint density at radius 2 is 1.95 bits per heavy atom. The van der Waals surface area contributed by atoms with E-state index in [-0.39, 0.29) is 11.4 Å². The average Bonchev–Trinajstić information content (AvgIpc) is 2.72. The van der Waals surface area contributed by atoms with Gasteiger partial charge in [-0.3, -0.25) is 0 Å². The van der Waals surface area contributed by atoms with Crippen LogP contribution >= 0.6 is 0 Å². The summed E-state index contributed by atoms with van der Waals surface area (Å²) in [5, 5.41) is 3.47. The van der Waals surface area contributed by atoms with E-state index in [9.17, 15) is 4.39 Å². The van der Waals surface area contributed by atoms with E-state index in [4.69, 9.17) is 0 Å². The molecule has 0 aliphatic heterocycles. The van der Waals surface area contributed by atoms with E-state index in [1.54, 1.807) is 6.07 Å². The van der Waals surface area contributed by atoms with Crippen LogP contribution in [0.4, 0.5) is 4.39 Å². The minimum absolute atomic E-state index is 0.0533. The molecule has 0 bridgehead atoms. The van der Waals surface area contributed by atoms with Crippen LogP contribution in [0.1, 0.15) is 43.4 Å². The average molecular weight is 289 g/mol. The van der Waals surface area contributed by atoms with Gasteiger partial charge in [0, 0.05) is 24.8 Å². The van der Waals surface area contributed by atoms with Gasteiger partial charge in [-0.1, -0.05) is 6.07 Å². The van der Waals surface area contributed by atoms with Gasteiger partial charge in [0.25, 0.3) is 0 Å². The summed E-state index contributed by atoms with van der Waals surface area (Å²) in [6.45, 7) is 11.8. The van der Waals surface area contributed by atoms with Crippen LogP contribution < -0.4 is 5.32 Å². The number of aryl methyl sites for hydroxylation is 2. The SMILES string of the molecule is Cc1ccc(F)cc1Cn1c(CNC(C)(C)C)cnc1C. The van der Waals surface area contributed by atoms with Gasteiger partial charge in [0.1, 0.15) is 11.6 Å². The fraction of sp³-hybridized carbons (Fsp3) is 0.471. The molecular weight excluding hydrogens is 265 g/mol. The minimum Gasteiger partial charge on any atom is -0.327 e. The van der Waals surface area contributed by atoms with E-state index in [0.29, 0.717) is 6.54 Å². The lowest BCUT2D eigenvalue weighted by molar-refractivity contribution is 0.416. The minimum atomic E-state index is -0.192. The monoisotopic (exact) mass is 289 g/mol. The zero-order valence-corrected chi connectivity index (χ0v) is 13.5. The highest BCUT2D eigenvalue weighted by molar-refractivity contribution is 5.27. The van der Waals surface area contributed by atoms with E-state index < -0.39 is 0 Å². The first-order valence-corrected chi connectivity index (χ1v) is 7.27. The predicted octanol–water partition coefficient (Wildman–Crippen LogP) is 3.58. The number of hydrogen-bond donors (Lipinski definition) is 1. The molecule has 0 radical (unpaired) electrons. The van der Waals surface area contributed by atoms with Gasteiger partial charge < -0.3 is 9.88 Å². The molecule has 21 heavy (non-hydrogen) atoms. The zero-order valence-electron chi connectivity index (χ0n) is 13.5. The van der Waals surface area contributed by atoms with E-state index in [0.717, 1.165) is 29.2 Å². The van der Waals surface area contributed by atoms with Crippen LogP contribution in [0.25, 0.3) is 0 Å². The standard InChI is InChI=1S/C17H24FN3/c1-12-6-7-15(18)8-14(12)11-21-13(2)19-9-16(21)10-20-17(3,4)5/h6-9,20H,10-11H2,1-5H3. The molecule has 2 rings (SSSR count). The van der Waals surface area contributed by atoms with E-state index in [1.165, 1.54) is 6.07 Å². The molecule has 0 fully saturated rings. The molecule has 4 heteroatoms. The van der Waals surface area contributed by atoms with Gasteiger partial charge in [0.2, 0.25) is 0 Å². The van der Waals surface area contributed by atoms with E-state index in [1.807, 2.05) is 26.1 Å². The molecule has 1 heterocycles. The van der Waals surface area contributed by atoms with Crippen LogP contribution in [0.2, 0.25) is 0 Å². The quantitative estimate of drug-likeness (QED) is 0.932. The van der Waals surface area contributed by atoms with E-state index >= 15 is 0 Å². The molecule has 0 spiro atoms. The number of rotatable bonds is 4. The molecule has 3 nitrogen and oxygen atoms in total. The number of imidazole rings is 1. The second kappa shape index (κ2) is 5.98. The van der Waals surface area contributed by atoms with Crippen molar-refractivity contribution in [2.45, 2.75) is 53.2 Å². The van der Waals surface area contributed by atoms with Crippen LogP contribution in [0.5, 0.6) is 0 Å². The summed E-state index contributed by atoms with van der Waals surface area (Å²) in [5.74, 6) is 0.757. The highest BCUT2D eigenvalue weighted by Crippen LogP contribution is 2.15. The first kappa shape index (κ1) is 15.7. The zero-order chi connectivity index (χ0) is 15.6. The fourth-order valence-electron chi connectivity index (χ4n) is 2.21. The molecular formula is C17H24FN3. The summed E-state index contributed by atoms with van der Waals surface area (Å²) in [4.78, 5) is 4.39. The van der Waals surface area contributed by atoms with Crippen molar-refractivity contribution in [1.29, 1.82) is 0 Å². The smallest absolute Gasteiger partial charge is 0.123 e. The van der Waals surface area contributed by atoms with Crippen molar-refractivity contribution >= 4 is 0 Å². The number of benzene rings is 1. The second-order valence-corrected chi connectivity index (χ2v) is 6.56. The lowest BCUT2D eigenvalue weighted by atomic mass is 10.1. The third-order valence-corrected chi connectivity index (χ3v) is 3.58. The molecule has 0 saturated carbocycles. The Balaban J connectivity index is 2.23. The lowest BCUT2D eigenvalue weighted by Crippen LogP contribution is -2.35. The number of aromatic nitrogens is 2. The fourth-order valence-corrected chi connectivity index (χ4v) is 2.21. The molecule has 2 aromatic rings.